The van der Waals surface area contributed by atoms with E-state index in [9.17, 15) is 4.79 Å². The zero-order chi connectivity index (χ0) is 17.3. The summed E-state index contributed by atoms with van der Waals surface area (Å²) in [5.41, 5.74) is 1.50. The third kappa shape index (κ3) is 3.21. The molecule has 0 spiro atoms. The van der Waals surface area contributed by atoms with Gasteiger partial charge in [0, 0.05) is 6.54 Å². The minimum Gasteiger partial charge on any atom is -0.493 e. The fourth-order valence-corrected chi connectivity index (χ4v) is 4.51. The van der Waals surface area contributed by atoms with Gasteiger partial charge in [0.15, 0.2) is 11.5 Å². The standard InChI is InChI=1S/C17H17Cl2NO3S/c1-22-13-6-5-10(8-14(13)23-2)12-4-3-7-20(12)17(21)11-9-15(18)24-16(11)19/h5-6,8-9,12H,3-4,7H2,1-2H3. The molecule has 0 radical (unpaired) electrons. The van der Waals surface area contributed by atoms with Gasteiger partial charge in [0.05, 0.1) is 30.2 Å². The van der Waals surface area contributed by atoms with E-state index in [1.807, 2.05) is 23.1 Å². The second-order valence-electron chi connectivity index (χ2n) is 5.51. The summed E-state index contributed by atoms with van der Waals surface area (Å²) < 4.78 is 11.6. The number of amides is 1. The number of thiophene rings is 1. The molecule has 1 aliphatic heterocycles. The van der Waals surface area contributed by atoms with Crippen LogP contribution in [-0.4, -0.2) is 31.6 Å². The lowest BCUT2D eigenvalue weighted by molar-refractivity contribution is 0.0736. The molecule has 0 N–H and O–H groups in total. The first-order valence-electron chi connectivity index (χ1n) is 7.53. The molecule has 4 nitrogen and oxygen atoms in total. The van der Waals surface area contributed by atoms with Crippen molar-refractivity contribution in [2.24, 2.45) is 0 Å². The van der Waals surface area contributed by atoms with Crippen LogP contribution in [0.2, 0.25) is 8.67 Å². The third-order valence-electron chi connectivity index (χ3n) is 4.19. The molecule has 1 aromatic heterocycles. The minimum atomic E-state index is -0.0829. The van der Waals surface area contributed by atoms with E-state index in [4.69, 9.17) is 32.7 Å². The number of methoxy groups -OCH3 is 2. The van der Waals surface area contributed by atoms with E-state index < -0.39 is 0 Å². The van der Waals surface area contributed by atoms with E-state index in [2.05, 4.69) is 0 Å². The van der Waals surface area contributed by atoms with Crippen molar-refractivity contribution < 1.29 is 14.3 Å². The molecule has 1 saturated heterocycles. The Kier molecular flexibility index (Phi) is 5.23. The smallest absolute Gasteiger partial charge is 0.256 e. The summed E-state index contributed by atoms with van der Waals surface area (Å²) in [4.78, 5) is 14.7. The van der Waals surface area contributed by atoms with Crippen LogP contribution in [0.4, 0.5) is 0 Å². The van der Waals surface area contributed by atoms with Crippen LogP contribution in [0.3, 0.4) is 0 Å². The average Bonchev–Trinajstić information content (AvgIpc) is 3.19. The van der Waals surface area contributed by atoms with E-state index in [0.29, 0.717) is 32.3 Å². The van der Waals surface area contributed by atoms with Gasteiger partial charge < -0.3 is 14.4 Å². The molecule has 1 aromatic carbocycles. The molecule has 1 atom stereocenters. The van der Waals surface area contributed by atoms with Gasteiger partial charge in [0.1, 0.15) is 4.34 Å². The van der Waals surface area contributed by atoms with Crippen LogP contribution in [0.25, 0.3) is 0 Å². The lowest BCUT2D eigenvalue weighted by atomic mass is 10.0. The predicted molar refractivity (Wildman–Crippen MR) is 96.9 cm³/mol. The van der Waals surface area contributed by atoms with E-state index in [-0.39, 0.29) is 11.9 Å². The molecule has 1 aliphatic rings. The summed E-state index contributed by atoms with van der Waals surface area (Å²) in [6.45, 7) is 0.696. The van der Waals surface area contributed by atoms with Crippen LogP contribution >= 0.6 is 34.5 Å². The van der Waals surface area contributed by atoms with Gasteiger partial charge >= 0.3 is 0 Å². The summed E-state index contributed by atoms with van der Waals surface area (Å²) in [7, 11) is 3.21. The maximum absolute atomic E-state index is 12.9. The molecule has 0 saturated carbocycles. The quantitative estimate of drug-likeness (QED) is 0.738. The number of hydrogen-bond acceptors (Lipinski definition) is 4. The number of hydrogen-bond donors (Lipinski definition) is 0. The SMILES string of the molecule is COc1ccc(C2CCCN2C(=O)c2cc(Cl)sc2Cl)cc1OC. The number of benzene rings is 1. The van der Waals surface area contributed by atoms with Gasteiger partial charge in [0.25, 0.3) is 5.91 Å². The molecule has 1 amide bonds. The van der Waals surface area contributed by atoms with E-state index in [0.717, 1.165) is 18.4 Å². The first-order chi connectivity index (χ1) is 11.5. The minimum absolute atomic E-state index is 0.00736. The van der Waals surface area contributed by atoms with E-state index in [1.165, 1.54) is 11.3 Å². The van der Waals surface area contributed by atoms with Gasteiger partial charge in [-0.2, -0.15) is 0 Å². The predicted octanol–water partition coefficient (Wildman–Crippen LogP) is 5.05. The van der Waals surface area contributed by atoms with Crippen molar-refractivity contribution in [2.45, 2.75) is 18.9 Å². The van der Waals surface area contributed by atoms with Crippen molar-refractivity contribution in [3.8, 4) is 11.5 Å². The largest absolute Gasteiger partial charge is 0.493 e. The number of carbonyl (C=O) groups excluding carboxylic acids is 1. The van der Waals surface area contributed by atoms with Crippen molar-refractivity contribution in [2.75, 3.05) is 20.8 Å². The van der Waals surface area contributed by atoms with E-state index >= 15 is 0 Å². The third-order valence-corrected chi connectivity index (χ3v) is 5.68. The summed E-state index contributed by atoms with van der Waals surface area (Å²) in [6.07, 6.45) is 1.84. The number of ether oxygens (including phenoxy) is 2. The van der Waals surface area contributed by atoms with Crippen molar-refractivity contribution in [1.29, 1.82) is 0 Å². The zero-order valence-corrected chi connectivity index (χ0v) is 15.7. The van der Waals surface area contributed by atoms with Gasteiger partial charge in [-0.05, 0) is 36.6 Å². The molecular formula is C17H17Cl2NO3S. The highest BCUT2D eigenvalue weighted by Crippen LogP contribution is 2.39. The van der Waals surface area contributed by atoms with Gasteiger partial charge in [-0.15, -0.1) is 11.3 Å². The Hall–Kier alpha value is -1.43. The van der Waals surface area contributed by atoms with Crippen molar-refractivity contribution in [1.82, 2.24) is 4.90 Å². The van der Waals surface area contributed by atoms with Crippen molar-refractivity contribution in [3.63, 3.8) is 0 Å². The van der Waals surface area contributed by atoms with Crippen LogP contribution < -0.4 is 9.47 Å². The van der Waals surface area contributed by atoms with Gasteiger partial charge in [0.2, 0.25) is 0 Å². The molecule has 7 heteroatoms. The molecule has 1 fully saturated rings. The molecule has 0 bridgehead atoms. The second-order valence-corrected chi connectivity index (χ2v) is 7.79. The van der Waals surface area contributed by atoms with Gasteiger partial charge in [-0.25, -0.2) is 0 Å². The highest BCUT2D eigenvalue weighted by molar-refractivity contribution is 7.20. The van der Waals surface area contributed by atoms with Crippen LogP contribution in [0.1, 0.15) is 34.8 Å². The molecule has 2 heterocycles. The lowest BCUT2D eigenvalue weighted by Gasteiger charge is -2.25. The summed E-state index contributed by atoms with van der Waals surface area (Å²) in [6, 6.07) is 7.40. The van der Waals surface area contributed by atoms with Gasteiger partial charge in [-0.1, -0.05) is 29.3 Å². The Bertz CT molecular complexity index is 762. The Morgan fingerprint density at radius 3 is 2.58 bits per heavy atom. The maximum atomic E-state index is 12.9. The Morgan fingerprint density at radius 2 is 1.96 bits per heavy atom. The van der Waals surface area contributed by atoms with E-state index in [1.54, 1.807) is 20.3 Å². The normalized spacial score (nSPS) is 17.2. The van der Waals surface area contributed by atoms with Crippen molar-refractivity contribution in [3.05, 3.63) is 44.1 Å². The van der Waals surface area contributed by atoms with Gasteiger partial charge in [-0.3, -0.25) is 4.79 Å². The number of nitrogens with zero attached hydrogens (tertiary/aromatic N) is 1. The summed E-state index contributed by atoms with van der Waals surface area (Å²) in [5, 5.41) is 0. The number of likely N-dealkylation sites (tertiary alicyclic amines) is 1. The van der Waals surface area contributed by atoms with Crippen LogP contribution in [-0.2, 0) is 0 Å². The molecule has 2 aromatic rings. The highest BCUT2D eigenvalue weighted by atomic mass is 35.5. The zero-order valence-electron chi connectivity index (χ0n) is 13.3. The molecule has 0 aliphatic carbocycles. The molecule has 1 unspecified atom stereocenters. The van der Waals surface area contributed by atoms with Crippen LogP contribution in [0.15, 0.2) is 24.3 Å². The topological polar surface area (TPSA) is 38.8 Å². The van der Waals surface area contributed by atoms with Crippen molar-refractivity contribution >= 4 is 40.4 Å². The molecular weight excluding hydrogens is 369 g/mol. The van der Waals surface area contributed by atoms with Crippen LogP contribution in [0.5, 0.6) is 11.5 Å². The Morgan fingerprint density at radius 1 is 1.21 bits per heavy atom. The Balaban J connectivity index is 1.91. The lowest BCUT2D eigenvalue weighted by Crippen LogP contribution is -2.30. The molecule has 24 heavy (non-hydrogen) atoms. The Labute approximate surface area is 154 Å². The monoisotopic (exact) mass is 385 g/mol. The first-order valence-corrected chi connectivity index (χ1v) is 9.10. The second kappa shape index (κ2) is 7.21. The van der Waals surface area contributed by atoms with Crippen LogP contribution in [0, 0.1) is 0 Å². The summed E-state index contributed by atoms with van der Waals surface area (Å²) in [5.74, 6) is 1.25. The first kappa shape index (κ1) is 17.4. The highest BCUT2D eigenvalue weighted by Gasteiger charge is 2.32. The maximum Gasteiger partial charge on any atom is 0.256 e. The summed E-state index contributed by atoms with van der Waals surface area (Å²) >= 11 is 13.3. The number of rotatable bonds is 4. The molecule has 128 valence electrons. The fraction of sp³-hybridized carbons (Fsp3) is 0.353. The molecule has 3 rings (SSSR count). The number of carbonyl (C=O) groups is 1. The number of halogens is 2. The average molecular weight is 386 g/mol. The fourth-order valence-electron chi connectivity index (χ4n) is 3.06.